The van der Waals surface area contributed by atoms with Crippen molar-refractivity contribution >= 4 is 22.7 Å². The topological polar surface area (TPSA) is 96.6 Å². The van der Waals surface area contributed by atoms with Crippen molar-refractivity contribution < 1.29 is 19.0 Å². The lowest BCUT2D eigenvalue weighted by molar-refractivity contribution is -0.138. The maximum Gasteiger partial charge on any atom is 0.317 e. The average Bonchev–Trinajstić information content (AvgIpc) is 3.54. The summed E-state index contributed by atoms with van der Waals surface area (Å²) in [6, 6.07) is 6.40. The third-order valence-corrected chi connectivity index (χ3v) is 7.56. The molecule has 2 aromatic heterocycles. The number of benzene rings is 1. The number of hydrogen-bond donors (Lipinski definition) is 1. The van der Waals surface area contributed by atoms with Crippen LogP contribution in [0.2, 0.25) is 0 Å². The zero-order valence-corrected chi connectivity index (χ0v) is 19.9. The van der Waals surface area contributed by atoms with Crippen LogP contribution in [0, 0.1) is 13.8 Å². The van der Waals surface area contributed by atoms with Crippen molar-refractivity contribution in [3.63, 3.8) is 0 Å². The average molecular weight is 481 g/mol. The fourth-order valence-electron chi connectivity index (χ4n) is 5.91. The maximum absolute atomic E-state index is 15.2. The summed E-state index contributed by atoms with van der Waals surface area (Å²) < 4.78 is 22.8. The first-order valence-electron chi connectivity index (χ1n) is 12.2. The number of carbonyl (C=O) groups is 1. The van der Waals surface area contributed by atoms with Crippen LogP contribution in [0.5, 0.6) is 0 Å². The van der Waals surface area contributed by atoms with Crippen LogP contribution in [-0.4, -0.2) is 86.8 Å². The molecule has 0 spiro atoms. The van der Waals surface area contributed by atoms with Gasteiger partial charge in [0.2, 0.25) is 0 Å². The highest BCUT2D eigenvalue weighted by Crippen LogP contribution is 2.36. The van der Waals surface area contributed by atoms with Crippen molar-refractivity contribution in [3.05, 3.63) is 41.3 Å². The third kappa shape index (κ3) is 4.04. The standard InChI is InChI=1S/C25H29FN6O3/c1-14-5-16-9-27-32(22(16)7-20(14)19-3-4-30(11-21(19)26)12-25(33)34)24-8-23(28-15(2)29-24)31-10-18-6-17(31)13-35-18/h5,7-9,17-19,21H,3-4,6,10-13H2,1-2H3,(H,33,34)/t17-,18-,19?,21?/m0/s1. The molecule has 2 unspecified atom stereocenters. The van der Waals surface area contributed by atoms with Gasteiger partial charge in [0.25, 0.3) is 0 Å². The summed E-state index contributed by atoms with van der Waals surface area (Å²) >= 11 is 0. The van der Waals surface area contributed by atoms with Gasteiger partial charge in [0.05, 0.1) is 37.0 Å². The Morgan fingerprint density at radius 1 is 1.20 bits per heavy atom. The van der Waals surface area contributed by atoms with E-state index in [1.165, 1.54) is 0 Å². The maximum atomic E-state index is 15.2. The number of anilines is 1. The Morgan fingerprint density at radius 2 is 2.03 bits per heavy atom. The van der Waals surface area contributed by atoms with Crippen LogP contribution in [0.15, 0.2) is 24.4 Å². The van der Waals surface area contributed by atoms with E-state index in [0.29, 0.717) is 30.6 Å². The minimum Gasteiger partial charge on any atom is -0.480 e. The molecule has 0 saturated carbocycles. The Balaban J connectivity index is 1.34. The Bertz CT molecular complexity index is 1300. The lowest BCUT2D eigenvalue weighted by atomic mass is 9.85. The summed E-state index contributed by atoms with van der Waals surface area (Å²) in [4.78, 5) is 24.4. The monoisotopic (exact) mass is 480 g/mol. The van der Waals surface area contributed by atoms with Crippen LogP contribution in [0.4, 0.5) is 10.2 Å². The SMILES string of the molecule is Cc1nc(N2C[C@@H]3C[C@H]2CO3)cc(-n2ncc3cc(C)c(C4CCN(CC(=O)O)CC4F)cc32)n1. The molecule has 184 valence electrons. The number of nitrogens with zero attached hydrogens (tertiary/aromatic N) is 6. The lowest BCUT2D eigenvalue weighted by Crippen LogP contribution is -2.43. The fraction of sp³-hybridized carbons (Fsp3) is 0.520. The number of likely N-dealkylation sites (tertiary alicyclic amines) is 1. The molecule has 3 aliphatic heterocycles. The molecule has 1 aromatic carbocycles. The van der Waals surface area contributed by atoms with E-state index < -0.39 is 12.1 Å². The van der Waals surface area contributed by atoms with Crippen LogP contribution in [0.3, 0.4) is 0 Å². The first-order chi connectivity index (χ1) is 16.9. The minimum absolute atomic E-state index is 0.127. The van der Waals surface area contributed by atoms with Gasteiger partial charge < -0.3 is 14.7 Å². The molecule has 5 heterocycles. The van der Waals surface area contributed by atoms with Gasteiger partial charge in [-0.05, 0) is 56.5 Å². The Hall–Kier alpha value is -3.11. The van der Waals surface area contributed by atoms with Gasteiger partial charge in [0.15, 0.2) is 5.82 Å². The number of alkyl halides is 1. The number of ether oxygens (including phenoxy) is 1. The largest absolute Gasteiger partial charge is 0.480 e. The molecule has 35 heavy (non-hydrogen) atoms. The van der Waals surface area contributed by atoms with Crippen molar-refractivity contribution in [2.75, 3.05) is 37.7 Å². The zero-order chi connectivity index (χ0) is 24.3. The molecule has 3 fully saturated rings. The van der Waals surface area contributed by atoms with Gasteiger partial charge >= 0.3 is 5.97 Å². The molecule has 0 radical (unpaired) electrons. The second kappa shape index (κ2) is 8.53. The minimum atomic E-state index is -1.13. The van der Waals surface area contributed by atoms with Gasteiger partial charge in [-0.2, -0.15) is 5.10 Å². The quantitative estimate of drug-likeness (QED) is 0.595. The molecule has 10 heteroatoms. The summed E-state index contributed by atoms with van der Waals surface area (Å²) in [5, 5.41) is 14.7. The summed E-state index contributed by atoms with van der Waals surface area (Å²) in [5.41, 5.74) is 2.84. The van der Waals surface area contributed by atoms with Gasteiger partial charge in [-0.3, -0.25) is 9.69 Å². The van der Waals surface area contributed by atoms with Crippen LogP contribution in [0.1, 0.15) is 35.7 Å². The number of aryl methyl sites for hydroxylation is 2. The number of rotatable bonds is 5. The number of morpholine rings is 1. The lowest BCUT2D eigenvalue weighted by Gasteiger charge is -2.34. The van der Waals surface area contributed by atoms with Gasteiger partial charge in [-0.1, -0.05) is 0 Å². The van der Waals surface area contributed by atoms with E-state index in [2.05, 4.69) is 26.0 Å². The number of hydrogen-bond acceptors (Lipinski definition) is 7. The van der Waals surface area contributed by atoms with E-state index in [1.807, 2.05) is 36.9 Å². The predicted molar refractivity (Wildman–Crippen MR) is 128 cm³/mol. The molecular weight excluding hydrogens is 451 g/mol. The molecular formula is C25H29FN6O3. The number of carboxylic acids is 1. The highest BCUT2D eigenvalue weighted by atomic mass is 19.1. The van der Waals surface area contributed by atoms with E-state index >= 15 is 4.39 Å². The van der Waals surface area contributed by atoms with E-state index in [4.69, 9.17) is 9.84 Å². The molecule has 0 amide bonds. The molecule has 0 aliphatic carbocycles. The van der Waals surface area contributed by atoms with Crippen LogP contribution in [0.25, 0.3) is 16.7 Å². The van der Waals surface area contributed by atoms with Gasteiger partial charge in [0.1, 0.15) is 17.8 Å². The highest BCUT2D eigenvalue weighted by Gasteiger charge is 2.40. The zero-order valence-electron chi connectivity index (χ0n) is 19.9. The molecule has 3 aromatic rings. The molecule has 3 aliphatic rings. The van der Waals surface area contributed by atoms with E-state index in [1.54, 1.807) is 4.90 Å². The summed E-state index contributed by atoms with van der Waals surface area (Å²) in [5.74, 6) is 1.04. The third-order valence-electron chi connectivity index (χ3n) is 7.56. The van der Waals surface area contributed by atoms with Crippen molar-refractivity contribution in [2.24, 2.45) is 0 Å². The van der Waals surface area contributed by atoms with Crippen LogP contribution < -0.4 is 4.90 Å². The number of aromatic nitrogens is 4. The second-order valence-electron chi connectivity index (χ2n) is 9.99. The predicted octanol–water partition coefficient (Wildman–Crippen LogP) is 2.62. The van der Waals surface area contributed by atoms with Crippen molar-refractivity contribution in [3.8, 4) is 5.82 Å². The summed E-state index contributed by atoms with van der Waals surface area (Å²) in [6.07, 6.45) is 2.56. The molecule has 4 atom stereocenters. The highest BCUT2D eigenvalue weighted by molar-refractivity contribution is 5.82. The molecule has 3 saturated heterocycles. The van der Waals surface area contributed by atoms with Crippen molar-refractivity contribution in [1.82, 2.24) is 24.6 Å². The Morgan fingerprint density at radius 3 is 2.74 bits per heavy atom. The Kier molecular flexibility index (Phi) is 5.45. The van der Waals surface area contributed by atoms with E-state index in [-0.39, 0.29) is 25.1 Å². The first kappa shape index (κ1) is 22.4. The van der Waals surface area contributed by atoms with E-state index in [0.717, 1.165) is 47.4 Å². The van der Waals surface area contributed by atoms with Crippen molar-refractivity contribution in [2.45, 2.75) is 50.9 Å². The molecule has 2 bridgehead atoms. The number of fused-ring (bicyclic) bond motifs is 3. The van der Waals surface area contributed by atoms with Gasteiger partial charge in [-0.25, -0.2) is 19.0 Å². The van der Waals surface area contributed by atoms with Crippen LogP contribution >= 0.6 is 0 Å². The number of aliphatic carboxylic acids is 1. The fourth-order valence-corrected chi connectivity index (χ4v) is 5.91. The smallest absolute Gasteiger partial charge is 0.317 e. The number of halogens is 1. The Labute approximate surface area is 202 Å². The summed E-state index contributed by atoms with van der Waals surface area (Å²) in [6.45, 7) is 6.01. The van der Waals surface area contributed by atoms with Crippen LogP contribution in [-0.2, 0) is 9.53 Å². The molecule has 1 N–H and O–H groups in total. The van der Waals surface area contributed by atoms with Gasteiger partial charge in [-0.15, -0.1) is 0 Å². The molecule has 6 rings (SSSR count). The normalized spacial score (nSPS) is 26.7. The summed E-state index contributed by atoms with van der Waals surface area (Å²) in [7, 11) is 0. The van der Waals surface area contributed by atoms with Gasteiger partial charge in [0, 0.05) is 30.5 Å². The second-order valence-corrected chi connectivity index (χ2v) is 9.99. The molecule has 9 nitrogen and oxygen atoms in total. The number of carboxylic acid groups (broad SMARTS) is 1. The number of piperidine rings is 1. The van der Waals surface area contributed by atoms with Crippen molar-refractivity contribution in [1.29, 1.82) is 0 Å². The first-order valence-corrected chi connectivity index (χ1v) is 12.2. The van der Waals surface area contributed by atoms with E-state index in [9.17, 15) is 4.79 Å².